The van der Waals surface area contributed by atoms with Crippen LogP contribution in [0.25, 0.3) is 88.4 Å². The molecule has 0 radical (unpaired) electrons. The van der Waals surface area contributed by atoms with E-state index in [4.69, 9.17) is 15.0 Å². The van der Waals surface area contributed by atoms with E-state index < -0.39 is 0 Å². The largest absolute Gasteiger partial charge is 0.208 e. The summed E-state index contributed by atoms with van der Waals surface area (Å²) < 4.78 is 0. The average Bonchev–Trinajstić information content (AvgIpc) is 3.14. The van der Waals surface area contributed by atoms with Crippen LogP contribution in [0.2, 0.25) is 0 Å². The molecule has 0 atom stereocenters. The zero-order chi connectivity index (χ0) is 30.5. The molecule has 0 saturated heterocycles. The van der Waals surface area contributed by atoms with Gasteiger partial charge in [0.15, 0.2) is 17.5 Å². The van der Waals surface area contributed by atoms with E-state index in [0.29, 0.717) is 17.5 Å². The third kappa shape index (κ3) is 4.33. The van der Waals surface area contributed by atoms with Gasteiger partial charge in [0, 0.05) is 16.7 Å². The molecule has 214 valence electrons. The molecule has 9 aromatic rings. The van der Waals surface area contributed by atoms with Crippen LogP contribution in [0.5, 0.6) is 0 Å². The Morgan fingerprint density at radius 1 is 0.239 bits per heavy atom. The van der Waals surface area contributed by atoms with Crippen LogP contribution in [0.3, 0.4) is 0 Å². The lowest BCUT2D eigenvalue weighted by Gasteiger charge is -2.14. The zero-order valence-corrected chi connectivity index (χ0v) is 24.9. The third-order valence-corrected chi connectivity index (χ3v) is 8.94. The van der Waals surface area contributed by atoms with Gasteiger partial charge in [-0.1, -0.05) is 164 Å². The predicted octanol–water partition coefficient (Wildman–Crippen LogP) is 11.2. The monoisotopic (exact) mass is 585 g/mol. The first kappa shape index (κ1) is 26.2. The summed E-state index contributed by atoms with van der Waals surface area (Å²) in [5.74, 6) is 1.97. The molecule has 3 nitrogen and oxygen atoms in total. The number of hydrogen-bond acceptors (Lipinski definition) is 3. The van der Waals surface area contributed by atoms with Crippen LogP contribution in [0.1, 0.15) is 0 Å². The summed E-state index contributed by atoms with van der Waals surface area (Å²) in [5, 5.41) is 9.47. The number of rotatable bonds is 4. The maximum atomic E-state index is 5.21. The van der Waals surface area contributed by atoms with E-state index in [0.717, 1.165) is 32.8 Å². The number of benzene rings is 8. The fraction of sp³-hybridized carbons (Fsp3) is 0. The van der Waals surface area contributed by atoms with E-state index in [1.807, 2.05) is 18.2 Å². The molecule has 0 N–H and O–H groups in total. The van der Waals surface area contributed by atoms with Crippen molar-refractivity contribution < 1.29 is 0 Å². The van der Waals surface area contributed by atoms with Crippen molar-refractivity contribution in [2.45, 2.75) is 0 Å². The molecule has 1 heterocycles. The lowest BCUT2D eigenvalue weighted by atomic mass is 9.92. The number of nitrogens with zero attached hydrogens (tertiary/aromatic N) is 3. The molecule has 0 amide bonds. The quantitative estimate of drug-likeness (QED) is 0.193. The standard InChI is InChI=1S/C43H27N3/c1-2-14-30(15-3-1)41-44-42(46-43(45-41)40-25-10-20-34-32-18-7-5-13-29(32)26-27-38(34)40)39-24-11-22-36-35(21-9-23-37(36)39)33-19-8-16-28-12-4-6-17-31(28)33/h1-27H. The maximum absolute atomic E-state index is 5.21. The van der Waals surface area contributed by atoms with E-state index in [1.54, 1.807) is 0 Å². The van der Waals surface area contributed by atoms with Gasteiger partial charge in [-0.2, -0.15) is 0 Å². The second-order valence-electron chi connectivity index (χ2n) is 11.6. The van der Waals surface area contributed by atoms with Crippen molar-refractivity contribution in [2.24, 2.45) is 0 Å². The summed E-state index contributed by atoms with van der Waals surface area (Å²) in [6.07, 6.45) is 0. The van der Waals surface area contributed by atoms with Crippen molar-refractivity contribution in [3.8, 4) is 45.3 Å². The van der Waals surface area contributed by atoms with Gasteiger partial charge >= 0.3 is 0 Å². The van der Waals surface area contributed by atoms with Gasteiger partial charge in [0.1, 0.15) is 0 Å². The van der Waals surface area contributed by atoms with Crippen molar-refractivity contribution >= 4 is 43.1 Å². The molecule has 0 fully saturated rings. The topological polar surface area (TPSA) is 38.7 Å². The van der Waals surface area contributed by atoms with Crippen molar-refractivity contribution in [2.75, 3.05) is 0 Å². The van der Waals surface area contributed by atoms with Crippen LogP contribution in [-0.4, -0.2) is 15.0 Å². The first-order chi connectivity index (χ1) is 22.8. The molecule has 0 bridgehead atoms. The summed E-state index contributed by atoms with van der Waals surface area (Å²) in [6.45, 7) is 0. The van der Waals surface area contributed by atoms with Gasteiger partial charge < -0.3 is 0 Å². The molecule has 0 aliphatic heterocycles. The maximum Gasteiger partial charge on any atom is 0.164 e. The van der Waals surface area contributed by atoms with E-state index in [-0.39, 0.29) is 0 Å². The highest BCUT2D eigenvalue weighted by molar-refractivity contribution is 6.12. The minimum absolute atomic E-state index is 0.653. The third-order valence-electron chi connectivity index (χ3n) is 8.94. The van der Waals surface area contributed by atoms with Gasteiger partial charge in [-0.25, -0.2) is 15.0 Å². The highest BCUT2D eigenvalue weighted by atomic mass is 15.0. The Hall–Kier alpha value is -6.19. The van der Waals surface area contributed by atoms with E-state index in [2.05, 4.69) is 146 Å². The van der Waals surface area contributed by atoms with Crippen LogP contribution < -0.4 is 0 Å². The van der Waals surface area contributed by atoms with E-state index >= 15 is 0 Å². The number of fused-ring (bicyclic) bond motifs is 5. The fourth-order valence-electron chi connectivity index (χ4n) is 6.77. The Kier molecular flexibility index (Phi) is 6.14. The smallest absolute Gasteiger partial charge is 0.164 e. The van der Waals surface area contributed by atoms with Crippen LogP contribution in [0, 0.1) is 0 Å². The first-order valence-corrected chi connectivity index (χ1v) is 15.5. The average molecular weight is 586 g/mol. The molecule has 46 heavy (non-hydrogen) atoms. The molecular formula is C43H27N3. The first-order valence-electron chi connectivity index (χ1n) is 15.5. The SMILES string of the molecule is c1ccc(-c2nc(-c3cccc4c(-c5cccc6ccccc56)cccc34)nc(-c3cccc4c3ccc3ccccc34)n2)cc1. The van der Waals surface area contributed by atoms with Crippen LogP contribution in [0.4, 0.5) is 0 Å². The van der Waals surface area contributed by atoms with Crippen LogP contribution in [0.15, 0.2) is 164 Å². The summed E-state index contributed by atoms with van der Waals surface area (Å²) in [4.78, 5) is 15.4. The Morgan fingerprint density at radius 2 is 0.674 bits per heavy atom. The zero-order valence-electron chi connectivity index (χ0n) is 24.9. The Labute approximate surface area is 266 Å². The Morgan fingerprint density at radius 3 is 1.39 bits per heavy atom. The van der Waals surface area contributed by atoms with Gasteiger partial charge in [0.2, 0.25) is 0 Å². The molecule has 3 heteroatoms. The van der Waals surface area contributed by atoms with Crippen molar-refractivity contribution in [1.29, 1.82) is 0 Å². The molecule has 8 aromatic carbocycles. The number of hydrogen-bond donors (Lipinski definition) is 0. The molecule has 1 aromatic heterocycles. The molecular weight excluding hydrogens is 558 g/mol. The summed E-state index contributed by atoms with van der Waals surface area (Å²) in [5.41, 5.74) is 5.32. The van der Waals surface area contributed by atoms with Crippen LogP contribution >= 0.6 is 0 Å². The number of aromatic nitrogens is 3. The summed E-state index contributed by atoms with van der Waals surface area (Å²) in [7, 11) is 0. The second-order valence-corrected chi connectivity index (χ2v) is 11.6. The van der Waals surface area contributed by atoms with Gasteiger partial charge in [-0.15, -0.1) is 0 Å². The molecule has 0 aliphatic carbocycles. The summed E-state index contributed by atoms with van der Waals surface area (Å²) >= 11 is 0. The molecule has 0 saturated carbocycles. The Bertz CT molecular complexity index is 2580. The minimum Gasteiger partial charge on any atom is -0.208 e. The van der Waals surface area contributed by atoms with Gasteiger partial charge in [-0.05, 0) is 54.2 Å². The normalized spacial score (nSPS) is 11.5. The van der Waals surface area contributed by atoms with Gasteiger partial charge in [0.25, 0.3) is 0 Å². The molecule has 9 rings (SSSR count). The highest BCUT2D eigenvalue weighted by Crippen LogP contribution is 2.38. The van der Waals surface area contributed by atoms with E-state index in [9.17, 15) is 0 Å². The Balaban J connectivity index is 1.29. The van der Waals surface area contributed by atoms with Crippen molar-refractivity contribution in [3.05, 3.63) is 164 Å². The second kappa shape index (κ2) is 10.8. The summed E-state index contributed by atoms with van der Waals surface area (Å²) in [6, 6.07) is 57.5. The van der Waals surface area contributed by atoms with Crippen molar-refractivity contribution in [1.82, 2.24) is 15.0 Å². The lowest BCUT2D eigenvalue weighted by molar-refractivity contribution is 1.08. The van der Waals surface area contributed by atoms with Crippen molar-refractivity contribution in [3.63, 3.8) is 0 Å². The van der Waals surface area contributed by atoms with Gasteiger partial charge in [-0.3, -0.25) is 0 Å². The predicted molar refractivity (Wildman–Crippen MR) is 192 cm³/mol. The molecule has 0 spiro atoms. The van der Waals surface area contributed by atoms with Crippen LogP contribution in [-0.2, 0) is 0 Å². The molecule has 0 aliphatic rings. The van der Waals surface area contributed by atoms with Gasteiger partial charge in [0.05, 0.1) is 0 Å². The lowest BCUT2D eigenvalue weighted by Crippen LogP contribution is -2.01. The highest BCUT2D eigenvalue weighted by Gasteiger charge is 2.17. The minimum atomic E-state index is 0.653. The van der Waals surface area contributed by atoms with E-state index in [1.165, 1.54) is 38.1 Å². The fourth-order valence-corrected chi connectivity index (χ4v) is 6.77. The molecule has 0 unspecified atom stereocenters.